The molecule has 1 rings (SSSR count). The van der Waals surface area contributed by atoms with Crippen molar-refractivity contribution < 1.29 is 4.79 Å². The molecule has 0 fully saturated rings. The van der Waals surface area contributed by atoms with Crippen LogP contribution < -0.4 is 16.0 Å². The molecule has 0 saturated carbocycles. The van der Waals surface area contributed by atoms with Crippen molar-refractivity contribution in [2.24, 2.45) is 5.73 Å². The maximum atomic E-state index is 11.9. The zero-order chi connectivity index (χ0) is 15.0. The van der Waals surface area contributed by atoms with Crippen molar-refractivity contribution in [3.63, 3.8) is 0 Å². The molecule has 112 valence electrons. The van der Waals surface area contributed by atoms with E-state index in [-0.39, 0.29) is 5.91 Å². The minimum absolute atomic E-state index is 0.143. The fourth-order valence-corrected chi connectivity index (χ4v) is 1.98. The molecule has 3 N–H and O–H groups in total. The summed E-state index contributed by atoms with van der Waals surface area (Å²) in [6, 6.07) is 3.34. The molecule has 1 atom stereocenters. The van der Waals surface area contributed by atoms with Crippen LogP contribution in [0.4, 0.5) is 11.5 Å². The Morgan fingerprint density at radius 1 is 1.35 bits per heavy atom. The van der Waals surface area contributed by atoms with E-state index >= 15 is 0 Å². The Morgan fingerprint density at radius 3 is 2.55 bits per heavy atom. The Labute approximate surface area is 121 Å². The number of hydrogen-bond acceptors (Lipinski definition) is 4. The molecule has 0 saturated heterocycles. The van der Waals surface area contributed by atoms with Gasteiger partial charge in [0.15, 0.2) is 0 Å². The lowest BCUT2D eigenvalue weighted by Gasteiger charge is -2.19. The Hall–Kier alpha value is -1.62. The lowest BCUT2D eigenvalue weighted by Crippen LogP contribution is -2.35. The number of carbonyl (C=O) groups excluding carboxylic acids is 1. The van der Waals surface area contributed by atoms with Crippen molar-refractivity contribution in [3.05, 3.63) is 18.3 Å². The highest BCUT2D eigenvalue weighted by atomic mass is 16.2. The average Bonchev–Trinajstić information content (AvgIpc) is 2.47. The van der Waals surface area contributed by atoms with E-state index in [1.54, 1.807) is 6.20 Å². The van der Waals surface area contributed by atoms with E-state index in [0.717, 1.165) is 31.7 Å². The van der Waals surface area contributed by atoms with Crippen LogP contribution in [0.2, 0.25) is 0 Å². The molecule has 5 heteroatoms. The molecule has 5 nitrogen and oxygen atoms in total. The Balaban J connectivity index is 2.58. The van der Waals surface area contributed by atoms with Crippen LogP contribution in [-0.2, 0) is 4.79 Å². The van der Waals surface area contributed by atoms with E-state index in [2.05, 4.69) is 36.0 Å². The SMILES string of the molecule is CCCC[C@H](N)C(=O)Nc1ccc(N(CC)CC)nc1. The van der Waals surface area contributed by atoms with Crippen LogP contribution in [0.1, 0.15) is 40.0 Å². The lowest BCUT2D eigenvalue weighted by molar-refractivity contribution is -0.117. The number of rotatable bonds is 8. The number of nitrogens with two attached hydrogens (primary N) is 1. The number of nitrogens with one attached hydrogen (secondary N) is 1. The summed E-state index contributed by atoms with van der Waals surface area (Å²) in [5.41, 5.74) is 6.52. The van der Waals surface area contributed by atoms with Crippen LogP contribution >= 0.6 is 0 Å². The van der Waals surface area contributed by atoms with E-state index in [4.69, 9.17) is 5.73 Å². The smallest absolute Gasteiger partial charge is 0.241 e. The van der Waals surface area contributed by atoms with E-state index in [1.165, 1.54) is 0 Å². The zero-order valence-corrected chi connectivity index (χ0v) is 12.7. The van der Waals surface area contributed by atoms with Gasteiger partial charge in [-0.05, 0) is 32.4 Å². The largest absolute Gasteiger partial charge is 0.357 e. The molecule has 20 heavy (non-hydrogen) atoms. The van der Waals surface area contributed by atoms with Gasteiger partial charge in [-0.2, -0.15) is 0 Å². The first-order valence-corrected chi connectivity index (χ1v) is 7.39. The minimum Gasteiger partial charge on any atom is -0.357 e. The lowest BCUT2D eigenvalue weighted by atomic mass is 10.1. The molecule has 0 radical (unpaired) electrons. The second kappa shape index (κ2) is 8.53. The summed E-state index contributed by atoms with van der Waals surface area (Å²) < 4.78 is 0. The molecule has 1 aromatic heterocycles. The van der Waals surface area contributed by atoms with E-state index < -0.39 is 6.04 Å². The number of aromatic nitrogens is 1. The summed E-state index contributed by atoms with van der Waals surface area (Å²) in [6.07, 6.45) is 4.40. The maximum absolute atomic E-state index is 11.9. The van der Waals surface area contributed by atoms with Crippen molar-refractivity contribution >= 4 is 17.4 Å². The second-order valence-electron chi connectivity index (χ2n) is 4.82. The molecule has 1 amide bonds. The van der Waals surface area contributed by atoms with Crippen LogP contribution in [0.15, 0.2) is 18.3 Å². The molecule has 0 aliphatic heterocycles. The molecule has 0 aliphatic rings. The van der Waals surface area contributed by atoms with Crippen LogP contribution in [0, 0.1) is 0 Å². The fraction of sp³-hybridized carbons (Fsp3) is 0.600. The highest BCUT2D eigenvalue weighted by Gasteiger charge is 2.13. The van der Waals surface area contributed by atoms with Gasteiger partial charge in [0.05, 0.1) is 17.9 Å². The quantitative estimate of drug-likeness (QED) is 0.766. The van der Waals surface area contributed by atoms with Gasteiger partial charge in [0.1, 0.15) is 5.82 Å². The van der Waals surface area contributed by atoms with Crippen molar-refractivity contribution in [1.82, 2.24) is 4.98 Å². The van der Waals surface area contributed by atoms with Gasteiger partial charge in [0.2, 0.25) is 5.91 Å². The maximum Gasteiger partial charge on any atom is 0.241 e. The first-order valence-electron chi connectivity index (χ1n) is 7.39. The van der Waals surface area contributed by atoms with Gasteiger partial charge in [0, 0.05) is 13.1 Å². The third kappa shape index (κ3) is 4.81. The molecule has 0 bridgehead atoms. The molecule has 0 aliphatic carbocycles. The third-order valence-corrected chi connectivity index (χ3v) is 3.31. The monoisotopic (exact) mass is 278 g/mol. The van der Waals surface area contributed by atoms with Crippen LogP contribution in [0.3, 0.4) is 0 Å². The highest BCUT2D eigenvalue weighted by molar-refractivity contribution is 5.94. The van der Waals surface area contributed by atoms with Crippen molar-refractivity contribution in [3.8, 4) is 0 Å². The summed E-state index contributed by atoms with van der Waals surface area (Å²) in [5.74, 6) is 0.777. The summed E-state index contributed by atoms with van der Waals surface area (Å²) in [7, 11) is 0. The van der Waals surface area contributed by atoms with E-state index in [0.29, 0.717) is 12.1 Å². The molecular weight excluding hydrogens is 252 g/mol. The molecule has 1 heterocycles. The topological polar surface area (TPSA) is 71.2 Å². The van der Waals surface area contributed by atoms with Crippen LogP contribution in [0.25, 0.3) is 0 Å². The number of carbonyl (C=O) groups is 1. The first kappa shape index (κ1) is 16.4. The number of pyridine rings is 1. The first-order chi connectivity index (χ1) is 9.62. The Morgan fingerprint density at radius 2 is 2.05 bits per heavy atom. The van der Waals surface area contributed by atoms with Crippen molar-refractivity contribution in [1.29, 1.82) is 0 Å². The zero-order valence-electron chi connectivity index (χ0n) is 12.7. The number of unbranched alkanes of at least 4 members (excludes halogenated alkanes) is 1. The number of nitrogens with zero attached hydrogens (tertiary/aromatic N) is 2. The minimum atomic E-state index is -0.447. The van der Waals surface area contributed by atoms with Gasteiger partial charge in [-0.25, -0.2) is 4.98 Å². The van der Waals surface area contributed by atoms with Gasteiger partial charge in [-0.15, -0.1) is 0 Å². The number of hydrogen-bond donors (Lipinski definition) is 2. The fourth-order valence-electron chi connectivity index (χ4n) is 1.98. The normalized spacial score (nSPS) is 12.0. The van der Waals surface area contributed by atoms with Gasteiger partial charge in [-0.3, -0.25) is 4.79 Å². The molecule has 1 aromatic rings. The average molecular weight is 278 g/mol. The summed E-state index contributed by atoms with van der Waals surface area (Å²) >= 11 is 0. The predicted octanol–water partition coefficient (Wildman–Crippen LogP) is 2.38. The Bertz CT molecular complexity index is 401. The summed E-state index contributed by atoms with van der Waals surface area (Å²) in [6.45, 7) is 8.09. The van der Waals surface area contributed by atoms with Gasteiger partial charge >= 0.3 is 0 Å². The Kier molecular flexibility index (Phi) is 7.01. The van der Waals surface area contributed by atoms with Gasteiger partial charge < -0.3 is 16.0 Å². The predicted molar refractivity (Wildman–Crippen MR) is 83.9 cm³/mol. The third-order valence-electron chi connectivity index (χ3n) is 3.31. The standard InChI is InChI=1S/C15H26N4O/c1-4-7-8-13(16)15(20)18-12-9-10-14(17-11-12)19(5-2)6-3/h9-11,13H,4-8,16H2,1-3H3,(H,18,20)/t13-/m0/s1. The highest BCUT2D eigenvalue weighted by Crippen LogP contribution is 2.14. The van der Waals surface area contributed by atoms with Crippen LogP contribution in [0.5, 0.6) is 0 Å². The number of amides is 1. The molecule has 0 aromatic carbocycles. The summed E-state index contributed by atoms with van der Waals surface area (Å²) in [5, 5.41) is 2.81. The van der Waals surface area contributed by atoms with E-state index in [1.807, 2.05) is 12.1 Å². The van der Waals surface area contributed by atoms with Crippen molar-refractivity contribution in [2.45, 2.75) is 46.1 Å². The second-order valence-corrected chi connectivity index (χ2v) is 4.82. The van der Waals surface area contributed by atoms with Gasteiger partial charge in [0.25, 0.3) is 0 Å². The molecule has 0 spiro atoms. The van der Waals surface area contributed by atoms with Gasteiger partial charge in [-0.1, -0.05) is 19.8 Å². The summed E-state index contributed by atoms with van der Waals surface area (Å²) in [4.78, 5) is 18.4. The van der Waals surface area contributed by atoms with Crippen LogP contribution in [-0.4, -0.2) is 30.0 Å². The molecular formula is C15H26N4O. The molecule has 0 unspecified atom stereocenters. The van der Waals surface area contributed by atoms with E-state index in [9.17, 15) is 4.79 Å². The number of anilines is 2. The van der Waals surface area contributed by atoms with Crippen molar-refractivity contribution in [2.75, 3.05) is 23.3 Å².